The third-order valence-corrected chi connectivity index (χ3v) is 2.98. The van der Waals surface area contributed by atoms with Crippen LogP contribution in [0.3, 0.4) is 0 Å². The van der Waals surface area contributed by atoms with Crippen molar-refractivity contribution in [3.8, 4) is 5.75 Å². The Morgan fingerprint density at radius 1 is 1.31 bits per heavy atom. The summed E-state index contributed by atoms with van der Waals surface area (Å²) in [4.78, 5) is 11.6. The van der Waals surface area contributed by atoms with Crippen LogP contribution in [0.15, 0.2) is 24.3 Å². The van der Waals surface area contributed by atoms with Crippen LogP contribution in [0, 0.1) is 5.92 Å². The summed E-state index contributed by atoms with van der Waals surface area (Å²) >= 11 is 0. The molecule has 0 heterocycles. The maximum atomic E-state index is 11.6. The summed E-state index contributed by atoms with van der Waals surface area (Å²) in [5, 5.41) is 0. The van der Waals surface area contributed by atoms with Crippen LogP contribution in [0.25, 0.3) is 0 Å². The SMILES string of the molecule is CCC(C)C(=O)CCc1ccc(OC)cc1. The second-order valence-corrected chi connectivity index (χ2v) is 4.12. The molecule has 0 spiro atoms. The van der Waals surface area contributed by atoms with E-state index >= 15 is 0 Å². The van der Waals surface area contributed by atoms with Gasteiger partial charge in [0.1, 0.15) is 11.5 Å². The fraction of sp³-hybridized carbons (Fsp3) is 0.500. The van der Waals surface area contributed by atoms with Crippen molar-refractivity contribution in [2.24, 2.45) is 5.92 Å². The number of ketones is 1. The lowest BCUT2D eigenvalue weighted by Crippen LogP contribution is -2.10. The van der Waals surface area contributed by atoms with Gasteiger partial charge in [-0.2, -0.15) is 0 Å². The van der Waals surface area contributed by atoms with E-state index in [2.05, 4.69) is 6.92 Å². The number of aryl methyl sites for hydroxylation is 1. The fourth-order valence-corrected chi connectivity index (χ4v) is 1.53. The molecule has 1 atom stereocenters. The number of Topliss-reactive ketones (excluding diaryl/α,β-unsaturated/α-hetero) is 1. The monoisotopic (exact) mass is 220 g/mol. The normalized spacial score (nSPS) is 12.2. The smallest absolute Gasteiger partial charge is 0.136 e. The highest BCUT2D eigenvalue weighted by atomic mass is 16.5. The van der Waals surface area contributed by atoms with Crippen LogP contribution in [0.5, 0.6) is 5.75 Å². The first-order chi connectivity index (χ1) is 7.67. The van der Waals surface area contributed by atoms with Gasteiger partial charge in [0.2, 0.25) is 0 Å². The lowest BCUT2D eigenvalue weighted by Gasteiger charge is -2.07. The topological polar surface area (TPSA) is 26.3 Å². The van der Waals surface area contributed by atoms with Gasteiger partial charge in [-0.25, -0.2) is 0 Å². The zero-order valence-electron chi connectivity index (χ0n) is 10.3. The predicted octanol–water partition coefficient (Wildman–Crippen LogP) is 3.24. The van der Waals surface area contributed by atoms with Gasteiger partial charge in [0.05, 0.1) is 7.11 Å². The molecule has 0 aromatic heterocycles. The molecule has 2 heteroatoms. The molecule has 0 fully saturated rings. The van der Waals surface area contributed by atoms with Crippen LogP contribution in [0.4, 0.5) is 0 Å². The molecule has 16 heavy (non-hydrogen) atoms. The lowest BCUT2D eigenvalue weighted by molar-refractivity contribution is -0.122. The van der Waals surface area contributed by atoms with Gasteiger partial charge in [-0.3, -0.25) is 4.79 Å². The minimum Gasteiger partial charge on any atom is -0.497 e. The third-order valence-electron chi connectivity index (χ3n) is 2.98. The molecule has 1 aromatic carbocycles. The Kier molecular flexibility index (Phi) is 5.03. The Balaban J connectivity index is 2.45. The van der Waals surface area contributed by atoms with Crippen molar-refractivity contribution in [3.63, 3.8) is 0 Å². The van der Waals surface area contributed by atoms with Gasteiger partial charge < -0.3 is 4.74 Å². The molecule has 0 aliphatic heterocycles. The van der Waals surface area contributed by atoms with E-state index in [1.807, 2.05) is 31.2 Å². The third kappa shape index (κ3) is 3.69. The molecule has 0 saturated carbocycles. The molecule has 1 unspecified atom stereocenters. The Labute approximate surface area is 97.6 Å². The standard InChI is InChI=1S/C14H20O2/c1-4-11(2)14(15)10-7-12-5-8-13(16-3)9-6-12/h5-6,8-9,11H,4,7,10H2,1-3H3. The van der Waals surface area contributed by atoms with Crippen molar-refractivity contribution in [1.29, 1.82) is 0 Å². The molecule has 0 N–H and O–H groups in total. The van der Waals surface area contributed by atoms with Gasteiger partial charge in [0, 0.05) is 12.3 Å². The van der Waals surface area contributed by atoms with Crippen molar-refractivity contribution < 1.29 is 9.53 Å². The minimum atomic E-state index is 0.193. The second kappa shape index (κ2) is 6.31. The van der Waals surface area contributed by atoms with E-state index in [1.165, 1.54) is 5.56 Å². The molecule has 0 saturated heterocycles. The predicted molar refractivity (Wildman–Crippen MR) is 65.8 cm³/mol. The highest BCUT2D eigenvalue weighted by molar-refractivity contribution is 5.80. The number of benzene rings is 1. The zero-order valence-corrected chi connectivity index (χ0v) is 10.3. The molecule has 0 bridgehead atoms. The van der Waals surface area contributed by atoms with Crippen molar-refractivity contribution in [3.05, 3.63) is 29.8 Å². The molecule has 2 nitrogen and oxygen atoms in total. The molecule has 0 aliphatic rings. The van der Waals surface area contributed by atoms with Gasteiger partial charge in [-0.1, -0.05) is 26.0 Å². The van der Waals surface area contributed by atoms with Crippen LogP contribution >= 0.6 is 0 Å². The van der Waals surface area contributed by atoms with E-state index in [1.54, 1.807) is 7.11 Å². The van der Waals surface area contributed by atoms with Crippen molar-refractivity contribution in [2.45, 2.75) is 33.1 Å². The largest absolute Gasteiger partial charge is 0.497 e. The number of methoxy groups -OCH3 is 1. The van der Waals surface area contributed by atoms with E-state index in [-0.39, 0.29) is 5.92 Å². The molecule has 88 valence electrons. The lowest BCUT2D eigenvalue weighted by atomic mass is 9.98. The molecule has 0 aliphatic carbocycles. The average Bonchev–Trinajstić information content (AvgIpc) is 2.35. The Bertz CT molecular complexity index is 327. The maximum absolute atomic E-state index is 11.6. The maximum Gasteiger partial charge on any atom is 0.136 e. The first-order valence-electron chi connectivity index (χ1n) is 5.83. The van der Waals surface area contributed by atoms with Gasteiger partial charge in [0.25, 0.3) is 0 Å². The summed E-state index contributed by atoms with van der Waals surface area (Å²) in [6, 6.07) is 7.90. The second-order valence-electron chi connectivity index (χ2n) is 4.12. The van der Waals surface area contributed by atoms with E-state index in [0.29, 0.717) is 12.2 Å². The van der Waals surface area contributed by atoms with Crippen molar-refractivity contribution >= 4 is 5.78 Å². The Hall–Kier alpha value is -1.31. The Morgan fingerprint density at radius 2 is 1.94 bits per heavy atom. The van der Waals surface area contributed by atoms with E-state index in [9.17, 15) is 4.79 Å². The number of ether oxygens (including phenoxy) is 1. The average molecular weight is 220 g/mol. The minimum absolute atomic E-state index is 0.193. The number of carbonyl (C=O) groups excluding carboxylic acids is 1. The van der Waals surface area contributed by atoms with Gasteiger partial charge in [0.15, 0.2) is 0 Å². The Morgan fingerprint density at radius 3 is 2.44 bits per heavy atom. The van der Waals surface area contributed by atoms with Crippen molar-refractivity contribution in [2.75, 3.05) is 7.11 Å². The highest BCUT2D eigenvalue weighted by Gasteiger charge is 2.10. The molecule has 0 amide bonds. The summed E-state index contributed by atoms with van der Waals surface area (Å²) in [5.41, 5.74) is 1.19. The highest BCUT2D eigenvalue weighted by Crippen LogP contribution is 2.14. The summed E-state index contributed by atoms with van der Waals surface area (Å²) in [6.45, 7) is 4.05. The van der Waals surface area contributed by atoms with Crippen LogP contribution in [-0.2, 0) is 11.2 Å². The van der Waals surface area contributed by atoms with Gasteiger partial charge in [-0.15, -0.1) is 0 Å². The number of carbonyl (C=O) groups is 1. The molecular formula is C14H20O2. The van der Waals surface area contributed by atoms with Crippen LogP contribution < -0.4 is 4.74 Å². The molecule has 1 rings (SSSR count). The van der Waals surface area contributed by atoms with Gasteiger partial charge in [-0.05, 0) is 30.5 Å². The fourth-order valence-electron chi connectivity index (χ4n) is 1.53. The number of rotatable bonds is 6. The van der Waals surface area contributed by atoms with Crippen LogP contribution in [-0.4, -0.2) is 12.9 Å². The molecule has 0 radical (unpaired) electrons. The molecular weight excluding hydrogens is 200 g/mol. The first-order valence-corrected chi connectivity index (χ1v) is 5.83. The van der Waals surface area contributed by atoms with E-state index in [4.69, 9.17) is 4.74 Å². The quantitative estimate of drug-likeness (QED) is 0.735. The number of hydrogen-bond acceptors (Lipinski definition) is 2. The molecule has 1 aromatic rings. The van der Waals surface area contributed by atoms with E-state index in [0.717, 1.165) is 18.6 Å². The van der Waals surface area contributed by atoms with Gasteiger partial charge >= 0.3 is 0 Å². The van der Waals surface area contributed by atoms with Crippen LogP contribution in [0.2, 0.25) is 0 Å². The van der Waals surface area contributed by atoms with Crippen molar-refractivity contribution in [1.82, 2.24) is 0 Å². The van der Waals surface area contributed by atoms with E-state index < -0.39 is 0 Å². The summed E-state index contributed by atoms with van der Waals surface area (Å²) < 4.78 is 5.08. The number of hydrogen-bond donors (Lipinski definition) is 0. The summed E-state index contributed by atoms with van der Waals surface area (Å²) in [6.07, 6.45) is 2.40. The first kappa shape index (κ1) is 12.8. The van der Waals surface area contributed by atoms with Crippen LogP contribution in [0.1, 0.15) is 32.3 Å². The summed E-state index contributed by atoms with van der Waals surface area (Å²) in [7, 11) is 1.65. The zero-order chi connectivity index (χ0) is 12.0. The summed E-state index contributed by atoms with van der Waals surface area (Å²) in [5.74, 6) is 1.41.